The maximum Gasteiger partial charge on any atom is 1.00 e. The minimum atomic E-state index is -0.569. The van der Waals surface area contributed by atoms with Gasteiger partial charge in [-0.2, -0.15) is 0 Å². The molecule has 0 nitrogen and oxygen atoms in total. The fraction of sp³-hybridized carbons (Fsp3) is 0.0833. The number of benzene rings is 8. The fourth-order valence-corrected chi connectivity index (χ4v) is 11.5. The number of fused-ring (bicyclic) bond motifs is 6. The standard InChI is InChI=1S/C16H20P2.2C16H9.2Ag/c1-17(2)13-14-18(15-9-5-3-6-10-15)16-11-7-4-8-12-16;2*1-2-12-11-13-7-3-4-9-15(13)16-10-6-5-8-14(12)16;;/h3-12H,13-14H2,1-2H3;2*3-11H;;/q;2*-1;2*+1/p+2. The van der Waals surface area contributed by atoms with Crippen molar-refractivity contribution in [1.29, 1.82) is 0 Å². The van der Waals surface area contributed by atoms with E-state index < -0.39 is 7.92 Å². The van der Waals surface area contributed by atoms with E-state index in [4.69, 9.17) is 12.8 Å². The van der Waals surface area contributed by atoms with Gasteiger partial charge in [0.1, 0.15) is 0 Å². The molecule has 0 atom stereocenters. The van der Waals surface area contributed by atoms with E-state index in [-0.39, 0.29) is 52.7 Å². The van der Waals surface area contributed by atoms with Crippen LogP contribution >= 0.6 is 15.8 Å². The molecule has 0 aliphatic heterocycles. The molecule has 0 fully saturated rings. The zero-order valence-electron chi connectivity index (χ0n) is 29.2. The van der Waals surface area contributed by atoms with Crippen LogP contribution in [0.15, 0.2) is 170 Å². The van der Waals surface area contributed by atoms with Crippen molar-refractivity contribution >= 4 is 69.5 Å². The largest absolute Gasteiger partial charge is 1.00 e. The first kappa shape index (κ1) is 41.0. The summed E-state index contributed by atoms with van der Waals surface area (Å²) < 4.78 is 0. The van der Waals surface area contributed by atoms with Gasteiger partial charge in [0.2, 0.25) is 0 Å². The predicted octanol–water partition coefficient (Wildman–Crippen LogP) is 11.2. The van der Waals surface area contributed by atoms with Gasteiger partial charge in [-0.15, -0.1) is 23.3 Å². The van der Waals surface area contributed by atoms with E-state index >= 15 is 0 Å². The van der Waals surface area contributed by atoms with E-state index in [1.165, 1.54) is 33.9 Å². The summed E-state index contributed by atoms with van der Waals surface area (Å²) in [7, 11) is -0.688. The van der Waals surface area contributed by atoms with Crippen LogP contribution in [-0.2, 0) is 44.8 Å². The number of hydrogen-bond acceptors (Lipinski definition) is 0. The van der Waals surface area contributed by atoms with Gasteiger partial charge in [-0.05, 0) is 64.5 Å². The molecule has 0 radical (unpaired) electrons. The van der Waals surface area contributed by atoms with E-state index in [2.05, 4.69) is 122 Å². The molecule has 0 saturated carbocycles. The van der Waals surface area contributed by atoms with E-state index in [0.29, 0.717) is 0 Å². The Bertz CT molecular complexity index is 2270. The first-order chi connectivity index (χ1) is 24.6. The Morgan fingerprint density at radius 3 is 1.10 bits per heavy atom. The molecule has 0 aliphatic rings. The van der Waals surface area contributed by atoms with E-state index in [0.717, 1.165) is 32.7 Å². The first-order valence-corrected chi connectivity index (χ1v) is 21.4. The number of hydrogen-bond donors (Lipinski definition) is 0. The second-order valence-electron chi connectivity index (χ2n) is 12.5. The minimum Gasteiger partial charge on any atom is -0.366 e. The summed E-state index contributed by atoms with van der Waals surface area (Å²) in [5.74, 6) is 5.02. The van der Waals surface area contributed by atoms with Gasteiger partial charge < -0.3 is 12.8 Å². The average molecular weight is 895 g/mol. The summed E-state index contributed by atoms with van der Waals surface area (Å²) in [5.41, 5.74) is 1.71. The van der Waals surface area contributed by atoms with Gasteiger partial charge in [0.25, 0.3) is 0 Å². The fourth-order valence-electron chi connectivity index (χ4n) is 6.42. The quantitative estimate of drug-likeness (QED) is 0.0531. The predicted molar refractivity (Wildman–Crippen MR) is 226 cm³/mol. The van der Waals surface area contributed by atoms with Crippen LogP contribution in [0.1, 0.15) is 11.1 Å². The third-order valence-corrected chi connectivity index (χ3v) is 13.5. The van der Waals surface area contributed by atoms with Crippen LogP contribution in [-0.4, -0.2) is 25.7 Å². The van der Waals surface area contributed by atoms with Crippen LogP contribution in [0.25, 0.3) is 43.1 Å². The van der Waals surface area contributed by atoms with Gasteiger partial charge in [-0.25, -0.2) is 0 Å². The summed E-state index contributed by atoms with van der Waals surface area (Å²) in [5, 5.41) is 12.5. The summed E-state index contributed by atoms with van der Waals surface area (Å²) in [6.07, 6.45) is 17.5. The molecular formula is C48H40Ag2P2+2. The summed E-state index contributed by atoms with van der Waals surface area (Å²) in [6.45, 7) is 4.83. The molecule has 0 amide bonds. The topological polar surface area (TPSA) is 0 Å². The molecule has 0 bridgehead atoms. The molecule has 4 heteroatoms. The minimum absolute atomic E-state index is 0. The number of rotatable bonds is 5. The van der Waals surface area contributed by atoms with Gasteiger partial charge >= 0.3 is 44.8 Å². The van der Waals surface area contributed by atoms with E-state index in [1.54, 1.807) is 10.6 Å². The zero-order valence-corrected chi connectivity index (χ0v) is 34.1. The van der Waals surface area contributed by atoms with Crippen LogP contribution in [0.3, 0.4) is 0 Å². The second-order valence-corrected chi connectivity index (χ2v) is 18.1. The molecule has 52 heavy (non-hydrogen) atoms. The van der Waals surface area contributed by atoms with Gasteiger partial charge in [-0.3, -0.25) is 11.8 Å². The third-order valence-electron chi connectivity index (χ3n) is 8.92. The van der Waals surface area contributed by atoms with E-state index in [1.807, 2.05) is 72.8 Å². The van der Waals surface area contributed by atoms with Crippen molar-refractivity contribution in [2.24, 2.45) is 0 Å². The Morgan fingerprint density at radius 1 is 0.404 bits per heavy atom. The molecule has 0 saturated heterocycles. The summed E-state index contributed by atoms with van der Waals surface area (Å²) in [6, 6.07) is 59.0. The molecule has 262 valence electrons. The van der Waals surface area contributed by atoms with Crippen molar-refractivity contribution in [3.05, 3.63) is 194 Å². The van der Waals surface area contributed by atoms with Gasteiger partial charge in [0.05, 0.1) is 30.9 Å². The smallest absolute Gasteiger partial charge is 0.366 e. The molecule has 0 aromatic heterocycles. The van der Waals surface area contributed by atoms with Crippen LogP contribution in [0.5, 0.6) is 0 Å². The van der Waals surface area contributed by atoms with Crippen molar-refractivity contribution in [2.45, 2.75) is 0 Å². The van der Waals surface area contributed by atoms with Gasteiger partial charge in [-0.1, -0.05) is 144 Å². The molecule has 0 N–H and O–H groups in total. The first-order valence-electron chi connectivity index (χ1n) is 17.0. The molecule has 0 aliphatic carbocycles. The Balaban J connectivity index is 0.000000171. The molecule has 0 spiro atoms. The summed E-state index contributed by atoms with van der Waals surface area (Å²) in [4.78, 5) is 0. The molecule has 8 rings (SSSR count). The summed E-state index contributed by atoms with van der Waals surface area (Å²) >= 11 is 0. The van der Waals surface area contributed by atoms with Crippen molar-refractivity contribution in [1.82, 2.24) is 0 Å². The third kappa shape index (κ3) is 10.0. The van der Waals surface area contributed by atoms with Crippen LogP contribution in [0, 0.1) is 24.7 Å². The van der Waals surface area contributed by atoms with E-state index in [9.17, 15) is 0 Å². The van der Waals surface area contributed by atoms with Crippen molar-refractivity contribution in [3.8, 4) is 11.8 Å². The molecule has 0 heterocycles. The SMILES string of the molecule is C[PH+](C)CC[PH+](c1ccccc1)c1ccccc1.[Ag+].[Ag+].[C-]#Cc1cc2ccccc2c2ccccc12.[C-]#Cc1cc2ccccc2c2ccccc12. The Kier molecular flexibility index (Phi) is 16.2. The maximum absolute atomic E-state index is 7.35. The van der Waals surface area contributed by atoms with Crippen molar-refractivity contribution in [3.63, 3.8) is 0 Å². The zero-order chi connectivity index (χ0) is 34.7. The van der Waals surface area contributed by atoms with Gasteiger partial charge in [0.15, 0.2) is 0 Å². The molecule has 0 unspecified atom stereocenters. The Morgan fingerprint density at radius 2 is 0.731 bits per heavy atom. The van der Waals surface area contributed by atoms with Crippen molar-refractivity contribution < 1.29 is 44.8 Å². The van der Waals surface area contributed by atoms with Crippen LogP contribution < -0.4 is 10.6 Å². The Hall–Kier alpha value is -3.74. The van der Waals surface area contributed by atoms with Crippen LogP contribution in [0.2, 0.25) is 0 Å². The van der Waals surface area contributed by atoms with Crippen LogP contribution in [0.4, 0.5) is 0 Å². The van der Waals surface area contributed by atoms with Gasteiger partial charge in [0, 0.05) is 13.3 Å². The average Bonchev–Trinajstić information content (AvgIpc) is 3.18. The van der Waals surface area contributed by atoms with Crippen molar-refractivity contribution in [2.75, 3.05) is 25.7 Å². The monoisotopic (exact) mass is 892 g/mol. The maximum atomic E-state index is 7.35. The Labute approximate surface area is 343 Å². The molecular weight excluding hydrogens is 854 g/mol. The second kappa shape index (κ2) is 20.5. The normalized spacial score (nSPS) is 10.3. The molecule has 8 aromatic rings. The molecule has 8 aromatic carbocycles.